The smallest absolute Gasteiger partial charge is 0.175 e. The van der Waals surface area contributed by atoms with E-state index in [0.717, 1.165) is 25.7 Å². The molecule has 0 radical (unpaired) electrons. The van der Waals surface area contributed by atoms with Gasteiger partial charge in [-0.2, -0.15) is 5.26 Å². The molecular formula is C25H20IN3O2. The SMILES string of the molecule is CCOc1cc(/C=C(\C#N)c2nc3ccccc3[nH]2)cc(I)c1OCc1ccccc1. The van der Waals surface area contributed by atoms with Crippen molar-refractivity contribution in [3.05, 3.63) is 87.3 Å². The largest absolute Gasteiger partial charge is 0.490 e. The van der Waals surface area contributed by atoms with Crippen LogP contribution in [0.1, 0.15) is 23.9 Å². The Labute approximate surface area is 194 Å². The fraction of sp³-hybridized carbons (Fsp3) is 0.120. The van der Waals surface area contributed by atoms with E-state index in [1.54, 1.807) is 0 Å². The lowest BCUT2D eigenvalue weighted by atomic mass is 10.1. The lowest BCUT2D eigenvalue weighted by Gasteiger charge is -2.15. The highest BCUT2D eigenvalue weighted by atomic mass is 127. The number of nitrogens with one attached hydrogen (secondary N) is 1. The number of H-pyrrole nitrogens is 1. The molecule has 0 fully saturated rings. The van der Waals surface area contributed by atoms with Crippen LogP contribution in [0.4, 0.5) is 0 Å². The van der Waals surface area contributed by atoms with Crippen LogP contribution in [0.5, 0.6) is 11.5 Å². The van der Waals surface area contributed by atoms with Gasteiger partial charge in [-0.05, 0) is 71.0 Å². The summed E-state index contributed by atoms with van der Waals surface area (Å²) in [5.74, 6) is 1.89. The topological polar surface area (TPSA) is 70.9 Å². The molecule has 0 bridgehead atoms. The Morgan fingerprint density at radius 2 is 1.87 bits per heavy atom. The first kappa shape index (κ1) is 20.9. The number of nitriles is 1. The summed E-state index contributed by atoms with van der Waals surface area (Å²) in [5.41, 5.74) is 4.10. The number of benzene rings is 3. The van der Waals surface area contributed by atoms with Gasteiger partial charge in [0.15, 0.2) is 11.5 Å². The van der Waals surface area contributed by atoms with E-state index in [2.05, 4.69) is 38.6 Å². The maximum absolute atomic E-state index is 9.74. The average Bonchev–Trinajstić information content (AvgIpc) is 3.22. The van der Waals surface area contributed by atoms with Crippen molar-refractivity contribution in [1.29, 1.82) is 5.26 Å². The van der Waals surface area contributed by atoms with E-state index in [1.807, 2.05) is 79.7 Å². The number of halogens is 1. The molecule has 4 rings (SSSR count). The van der Waals surface area contributed by atoms with Gasteiger partial charge in [-0.3, -0.25) is 0 Å². The molecule has 0 spiro atoms. The molecule has 0 amide bonds. The van der Waals surface area contributed by atoms with Gasteiger partial charge in [0.1, 0.15) is 18.5 Å². The lowest BCUT2D eigenvalue weighted by Crippen LogP contribution is -2.02. The molecule has 154 valence electrons. The third-order valence-electron chi connectivity index (χ3n) is 4.63. The Morgan fingerprint density at radius 3 is 2.61 bits per heavy atom. The van der Waals surface area contributed by atoms with E-state index in [-0.39, 0.29) is 0 Å². The Morgan fingerprint density at radius 1 is 1.10 bits per heavy atom. The number of fused-ring (bicyclic) bond motifs is 1. The Kier molecular flexibility index (Phi) is 6.53. The van der Waals surface area contributed by atoms with Crippen LogP contribution in [0.25, 0.3) is 22.7 Å². The number of nitrogens with zero attached hydrogens (tertiary/aromatic N) is 2. The molecule has 5 nitrogen and oxygen atoms in total. The quantitative estimate of drug-likeness (QED) is 0.232. The summed E-state index contributed by atoms with van der Waals surface area (Å²) in [6.45, 7) is 2.90. The molecule has 1 heterocycles. The number of aromatic nitrogens is 2. The number of para-hydroxylation sites is 2. The summed E-state index contributed by atoms with van der Waals surface area (Å²) >= 11 is 2.24. The first-order valence-electron chi connectivity index (χ1n) is 9.88. The summed E-state index contributed by atoms with van der Waals surface area (Å²) in [5, 5.41) is 9.74. The van der Waals surface area contributed by atoms with E-state index in [9.17, 15) is 5.26 Å². The van der Waals surface area contributed by atoms with E-state index in [4.69, 9.17) is 9.47 Å². The summed E-state index contributed by atoms with van der Waals surface area (Å²) < 4.78 is 12.8. The Balaban J connectivity index is 1.66. The minimum Gasteiger partial charge on any atom is -0.490 e. The fourth-order valence-electron chi connectivity index (χ4n) is 3.20. The standard InChI is InChI=1S/C25H20IN3O2/c1-2-30-23-14-18(13-20(26)24(23)31-16-17-8-4-3-5-9-17)12-19(15-27)25-28-21-10-6-7-11-22(21)29-25/h3-14H,2,16H2,1H3,(H,28,29)/b19-12+. The molecule has 0 aliphatic carbocycles. The molecule has 0 unspecified atom stereocenters. The summed E-state index contributed by atoms with van der Waals surface area (Å²) in [7, 11) is 0. The highest BCUT2D eigenvalue weighted by molar-refractivity contribution is 14.1. The fourth-order valence-corrected chi connectivity index (χ4v) is 3.99. The highest BCUT2D eigenvalue weighted by Gasteiger charge is 2.14. The van der Waals surface area contributed by atoms with Gasteiger partial charge in [0.25, 0.3) is 0 Å². The first-order chi connectivity index (χ1) is 15.2. The second-order valence-electron chi connectivity index (χ2n) is 6.81. The van der Waals surface area contributed by atoms with Gasteiger partial charge in [0, 0.05) is 0 Å². The average molecular weight is 521 g/mol. The number of allylic oxidation sites excluding steroid dienone is 1. The molecule has 1 N–H and O–H groups in total. The number of rotatable bonds is 7. The van der Waals surface area contributed by atoms with Gasteiger partial charge in [0.2, 0.25) is 0 Å². The Bertz CT molecular complexity index is 1240. The van der Waals surface area contributed by atoms with Crippen LogP contribution < -0.4 is 9.47 Å². The predicted molar refractivity (Wildman–Crippen MR) is 131 cm³/mol. The molecule has 1 aromatic heterocycles. The minimum absolute atomic E-state index is 0.451. The number of imidazole rings is 1. The van der Waals surface area contributed by atoms with E-state index in [1.165, 1.54) is 0 Å². The monoisotopic (exact) mass is 521 g/mol. The zero-order chi connectivity index (χ0) is 21.6. The van der Waals surface area contributed by atoms with Crippen LogP contribution >= 0.6 is 22.6 Å². The van der Waals surface area contributed by atoms with E-state index >= 15 is 0 Å². The zero-order valence-corrected chi connectivity index (χ0v) is 19.1. The third-order valence-corrected chi connectivity index (χ3v) is 5.43. The van der Waals surface area contributed by atoms with Crippen molar-refractivity contribution in [3.8, 4) is 17.6 Å². The molecule has 0 aliphatic rings. The van der Waals surface area contributed by atoms with Crippen molar-refractivity contribution < 1.29 is 9.47 Å². The predicted octanol–water partition coefficient (Wildman–Crippen LogP) is 6.21. The first-order valence-corrected chi connectivity index (χ1v) is 11.0. The zero-order valence-electron chi connectivity index (χ0n) is 16.9. The Hall–Kier alpha value is -3.31. The van der Waals surface area contributed by atoms with Crippen molar-refractivity contribution in [2.45, 2.75) is 13.5 Å². The molecular weight excluding hydrogens is 501 g/mol. The van der Waals surface area contributed by atoms with Crippen molar-refractivity contribution in [2.24, 2.45) is 0 Å². The van der Waals surface area contributed by atoms with E-state index < -0.39 is 0 Å². The van der Waals surface area contributed by atoms with Crippen LogP contribution in [0.15, 0.2) is 66.7 Å². The van der Waals surface area contributed by atoms with Crippen LogP contribution in [-0.2, 0) is 6.61 Å². The maximum Gasteiger partial charge on any atom is 0.175 e. The van der Waals surface area contributed by atoms with Crippen LogP contribution in [0.2, 0.25) is 0 Å². The van der Waals surface area contributed by atoms with Crippen LogP contribution in [-0.4, -0.2) is 16.6 Å². The number of aromatic amines is 1. The normalized spacial score (nSPS) is 11.3. The van der Waals surface area contributed by atoms with Gasteiger partial charge < -0.3 is 14.5 Å². The van der Waals surface area contributed by atoms with Crippen molar-refractivity contribution in [3.63, 3.8) is 0 Å². The molecule has 6 heteroatoms. The maximum atomic E-state index is 9.74. The van der Waals surface area contributed by atoms with Gasteiger partial charge in [-0.1, -0.05) is 42.5 Å². The molecule has 0 saturated carbocycles. The van der Waals surface area contributed by atoms with Gasteiger partial charge in [-0.25, -0.2) is 4.98 Å². The molecule has 0 saturated heterocycles. The van der Waals surface area contributed by atoms with Crippen molar-refractivity contribution in [1.82, 2.24) is 9.97 Å². The minimum atomic E-state index is 0.451. The molecule has 3 aromatic carbocycles. The number of hydrogen-bond acceptors (Lipinski definition) is 4. The lowest BCUT2D eigenvalue weighted by molar-refractivity contribution is 0.267. The molecule has 0 atom stereocenters. The van der Waals surface area contributed by atoms with Gasteiger partial charge in [-0.15, -0.1) is 0 Å². The van der Waals surface area contributed by atoms with Gasteiger partial charge >= 0.3 is 0 Å². The summed E-state index contributed by atoms with van der Waals surface area (Å²) in [6.07, 6.45) is 1.81. The number of ether oxygens (including phenoxy) is 2. The third kappa shape index (κ3) is 4.89. The molecule has 0 aliphatic heterocycles. The second-order valence-corrected chi connectivity index (χ2v) is 7.97. The van der Waals surface area contributed by atoms with Gasteiger partial charge in [0.05, 0.1) is 26.8 Å². The van der Waals surface area contributed by atoms with Crippen molar-refractivity contribution in [2.75, 3.05) is 6.61 Å². The second kappa shape index (κ2) is 9.67. The molecule has 4 aromatic rings. The summed E-state index contributed by atoms with van der Waals surface area (Å²) in [6, 6.07) is 23.8. The van der Waals surface area contributed by atoms with Crippen molar-refractivity contribution >= 4 is 45.3 Å². The summed E-state index contributed by atoms with van der Waals surface area (Å²) in [4.78, 5) is 7.75. The van der Waals surface area contributed by atoms with E-state index in [0.29, 0.717) is 36.1 Å². The number of hydrogen-bond donors (Lipinski definition) is 1. The van der Waals surface area contributed by atoms with Crippen LogP contribution in [0.3, 0.4) is 0 Å². The molecule has 31 heavy (non-hydrogen) atoms. The van der Waals surface area contributed by atoms with Crippen LogP contribution in [0, 0.1) is 14.9 Å². The highest BCUT2D eigenvalue weighted by Crippen LogP contribution is 2.36.